The van der Waals surface area contributed by atoms with Gasteiger partial charge in [0.2, 0.25) is 0 Å². The highest BCUT2D eigenvalue weighted by Gasteiger charge is 2.53. The highest BCUT2D eigenvalue weighted by Crippen LogP contribution is 2.57. The number of phenolic OH excluding ortho intramolecular Hbond substituents is 2. The third-order valence-electron chi connectivity index (χ3n) is 4.91. The Bertz CT molecular complexity index is 1160. The van der Waals surface area contributed by atoms with E-state index in [1.165, 1.54) is 24.3 Å². The van der Waals surface area contributed by atoms with E-state index in [0.29, 0.717) is 38.6 Å². The summed E-state index contributed by atoms with van der Waals surface area (Å²) in [5.74, 6) is 0.143. The van der Waals surface area contributed by atoms with Gasteiger partial charge in [-0.2, -0.15) is 5.26 Å². The Hall–Kier alpha value is -3.63. The molecule has 0 saturated heterocycles. The van der Waals surface area contributed by atoms with Crippen molar-refractivity contribution in [1.29, 1.82) is 5.26 Å². The molecule has 5 rings (SSSR count). The van der Waals surface area contributed by atoms with E-state index in [4.69, 9.17) is 14.7 Å². The molecule has 6 nitrogen and oxygen atoms in total. The van der Waals surface area contributed by atoms with E-state index in [9.17, 15) is 15.0 Å². The molecule has 0 fully saturated rings. The highest BCUT2D eigenvalue weighted by atomic mass is 32.2. The standard InChI is InChI=1S/C21H11NO5S/c22-10-28-13-3-6-15-14(9-13)20(25)27-21(15)16-4-1-11(23)7-18(16)26-19-8-12(24)2-5-17(19)21/h1-9,23-24H. The number of nitriles is 1. The summed E-state index contributed by atoms with van der Waals surface area (Å²) in [5, 5.41) is 30.7. The van der Waals surface area contributed by atoms with Gasteiger partial charge in [0, 0.05) is 33.7 Å². The van der Waals surface area contributed by atoms with Crippen LogP contribution in [0.3, 0.4) is 0 Å². The lowest BCUT2D eigenvalue weighted by Crippen LogP contribution is -2.32. The molecule has 2 aliphatic heterocycles. The largest absolute Gasteiger partial charge is 0.508 e. The third kappa shape index (κ3) is 2.12. The van der Waals surface area contributed by atoms with Crippen molar-refractivity contribution < 1.29 is 24.5 Å². The second-order valence-corrected chi connectivity index (χ2v) is 7.29. The zero-order valence-corrected chi connectivity index (χ0v) is 15.0. The first-order chi connectivity index (χ1) is 13.5. The number of hydrogen-bond acceptors (Lipinski definition) is 7. The fourth-order valence-electron chi connectivity index (χ4n) is 3.80. The fourth-order valence-corrected chi connectivity index (χ4v) is 4.22. The minimum atomic E-state index is -1.27. The Labute approximate surface area is 163 Å². The number of carbonyl (C=O) groups excluding carboxylic acids is 1. The number of carbonyl (C=O) groups is 1. The third-order valence-corrected chi connectivity index (χ3v) is 5.49. The Balaban J connectivity index is 1.84. The molecule has 0 bridgehead atoms. The van der Waals surface area contributed by atoms with Crippen molar-refractivity contribution in [3.05, 3.63) is 76.9 Å². The molecule has 0 radical (unpaired) electrons. The summed E-state index contributed by atoms with van der Waals surface area (Å²) in [7, 11) is 0. The van der Waals surface area contributed by atoms with Gasteiger partial charge in [0.25, 0.3) is 0 Å². The van der Waals surface area contributed by atoms with Crippen molar-refractivity contribution in [2.75, 3.05) is 0 Å². The van der Waals surface area contributed by atoms with E-state index in [0.717, 1.165) is 11.8 Å². The summed E-state index contributed by atoms with van der Waals surface area (Å²) in [5.41, 5.74) is 0.835. The van der Waals surface area contributed by atoms with Crippen LogP contribution in [0.4, 0.5) is 0 Å². The first-order valence-electron chi connectivity index (χ1n) is 8.31. The van der Waals surface area contributed by atoms with Crippen LogP contribution in [0.2, 0.25) is 0 Å². The van der Waals surface area contributed by atoms with Crippen molar-refractivity contribution in [2.45, 2.75) is 10.5 Å². The van der Waals surface area contributed by atoms with E-state index in [1.807, 2.05) is 5.40 Å². The lowest BCUT2D eigenvalue weighted by atomic mass is 9.77. The number of thiocyanates is 1. The molecular weight excluding hydrogens is 378 g/mol. The van der Waals surface area contributed by atoms with Gasteiger partial charge in [0.15, 0.2) is 5.60 Å². The number of hydrogen-bond donors (Lipinski definition) is 2. The summed E-state index contributed by atoms with van der Waals surface area (Å²) >= 11 is 0.961. The van der Waals surface area contributed by atoms with Gasteiger partial charge in [0.05, 0.1) is 5.56 Å². The van der Waals surface area contributed by atoms with Crippen LogP contribution in [-0.4, -0.2) is 16.2 Å². The first-order valence-corrected chi connectivity index (χ1v) is 9.13. The molecule has 136 valence electrons. The average molecular weight is 389 g/mol. The van der Waals surface area contributed by atoms with E-state index in [-0.39, 0.29) is 11.5 Å². The molecule has 3 aromatic rings. The molecule has 0 aromatic heterocycles. The predicted molar refractivity (Wildman–Crippen MR) is 99.5 cm³/mol. The van der Waals surface area contributed by atoms with Gasteiger partial charge in [-0.3, -0.25) is 0 Å². The smallest absolute Gasteiger partial charge is 0.340 e. The Morgan fingerprint density at radius 1 is 0.893 bits per heavy atom. The number of benzene rings is 3. The topological polar surface area (TPSA) is 99.8 Å². The zero-order valence-electron chi connectivity index (χ0n) is 14.2. The van der Waals surface area contributed by atoms with Crippen molar-refractivity contribution in [3.8, 4) is 28.4 Å². The predicted octanol–water partition coefficient (Wildman–Crippen LogP) is 4.24. The molecule has 0 atom stereocenters. The average Bonchev–Trinajstić information content (AvgIpc) is 2.94. The quantitative estimate of drug-likeness (QED) is 0.365. The lowest BCUT2D eigenvalue weighted by molar-refractivity contribution is 0.0224. The number of esters is 1. The van der Waals surface area contributed by atoms with Crippen LogP contribution >= 0.6 is 11.8 Å². The van der Waals surface area contributed by atoms with Crippen molar-refractivity contribution in [3.63, 3.8) is 0 Å². The van der Waals surface area contributed by atoms with Gasteiger partial charge in [-0.25, -0.2) is 4.79 Å². The number of thioether (sulfide) groups is 1. The maximum atomic E-state index is 12.8. The molecule has 0 saturated carbocycles. The number of nitrogens with zero attached hydrogens (tertiary/aromatic N) is 1. The van der Waals surface area contributed by atoms with Crippen LogP contribution in [0.5, 0.6) is 23.0 Å². The van der Waals surface area contributed by atoms with E-state index in [2.05, 4.69) is 0 Å². The fraction of sp³-hybridized carbons (Fsp3) is 0.0476. The number of ether oxygens (including phenoxy) is 2. The van der Waals surface area contributed by atoms with Gasteiger partial charge in [0.1, 0.15) is 28.4 Å². The SMILES string of the molecule is N#CSc1ccc2c(c1)C(=O)OC21c2ccc(O)cc2Oc2cc(O)ccc21. The van der Waals surface area contributed by atoms with Crippen LogP contribution in [0.15, 0.2) is 59.5 Å². The molecule has 0 aliphatic carbocycles. The minimum Gasteiger partial charge on any atom is -0.508 e. The van der Waals surface area contributed by atoms with Crippen LogP contribution in [0.25, 0.3) is 0 Å². The van der Waals surface area contributed by atoms with Crippen LogP contribution in [0.1, 0.15) is 27.0 Å². The Morgan fingerprint density at radius 2 is 1.50 bits per heavy atom. The van der Waals surface area contributed by atoms with E-state index < -0.39 is 11.6 Å². The molecular formula is C21H11NO5S. The number of aromatic hydroxyl groups is 2. The molecule has 28 heavy (non-hydrogen) atoms. The molecule has 2 aliphatic rings. The summed E-state index contributed by atoms with van der Waals surface area (Å²) in [6.45, 7) is 0. The van der Waals surface area contributed by atoms with Crippen molar-refractivity contribution >= 4 is 17.7 Å². The van der Waals surface area contributed by atoms with Crippen LogP contribution in [0, 0.1) is 10.7 Å². The lowest BCUT2D eigenvalue weighted by Gasteiger charge is -2.36. The number of phenols is 2. The molecule has 2 heterocycles. The van der Waals surface area contributed by atoms with Gasteiger partial charge in [-0.05, 0) is 48.2 Å². The van der Waals surface area contributed by atoms with Crippen LogP contribution in [-0.2, 0) is 10.3 Å². The molecule has 2 N–H and O–H groups in total. The van der Waals surface area contributed by atoms with Gasteiger partial charge < -0.3 is 19.7 Å². The van der Waals surface area contributed by atoms with Crippen molar-refractivity contribution in [2.24, 2.45) is 0 Å². The molecule has 1 spiro atoms. The zero-order chi connectivity index (χ0) is 19.5. The normalized spacial score (nSPS) is 15.0. The van der Waals surface area contributed by atoms with Crippen LogP contribution < -0.4 is 4.74 Å². The molecule has 3 aromatic carbocycles. The molecule has 7 heteroatoms. The minimum absolute atomic E-state index is 0.00261. The summed E-state index contributed by atoms with van der Waals surface area (Å²) in [4.78, 5) is 13.4. The summed E-state index contributed by atoms with van der Waals surface area (Å²) in [6.07, 6.45) is 0. The second-order valence-electron chi connectivity index (χ2n) is 6.43. The molecule has 0 unspecified atom stereocenters. The number of rotatable bonds is 1. The van der Waals surface area contributed by atoms with Gasteiger partial charge in [-0.1, -0.05) is 6.07 Å². The monoisotopic (exact) mass is 389 g/mol. The summed E-state index contributed by atoms with van der Waals surface area (Å²) < 4.78 is 11.8. The molecule has 0 amide bonds. The Morgan fingerprint density at radius 3 is 2.11 bits per heavy atom. The van der Waals surface area contributed by atoms with Gasteiger partial charge in [-0.15, -0.1) is 0 Å². The maximum Gasteiger partial charge on any atom is 0.340 e. The van der Waals surface area contributed by atoms with E-state index >= 15 is 0 Å². The number of fused-ring (bicyclic) bond motifs is 6. The van der Waals surface area contributed by atoms with E-state index in [1.54, 1.807) is 30.3 Å². The highest BCUT2D eigenvalue weighted by molar-refractivity contribution is 8.03. The summed E-state index contributed by atoms with van der Waals surface area (Å²) in [6, 6.07) is 14.3. The Kier molecular flexibility index (Phi) is 3.36. The first kappa shape index (κ1) is 16.5. The maximum absolute atomic E-state index is 12.8. The van der Waals surface area contributed by atoms with Gasteiger partial charge >= 0.3 is 5.97 Å². The second kappa shape index (κ2) is 5.68. The van der Waals surface area contributed by atoms with Crippen molar-refractivity contribution in [1.82, 2.24) is 0 Å².